The second-order valence-electron chi connectivity index (χ2n) is 7.45. The first kappa shape index (κ1) is 18.8. The molecule has 0 atom stereocenters. The summed E-state index contributed by atoms with van der Waals surface area (Å²) in [5.74, 6) is -0.220. The number of nitrogens with zero attached hydrogens (tertiary/aromatic N) is 3. The van der Waals surface area contributed by atoms with E-state index >= 15 is 0 Å². The van der Waals surface area contributed by atoms with Crippen LogP contribution in [-0.4, -0.2) is 54.0 Å². The lowest BCUT2D eigenvalue weighted by Gasteiger charge is -2.25. The maximum absolute atomic E-state index is 13.8. The quantitative estimate of drug-likeness (QED) is 0.877. The van der Waals surface area contributed by atoms with Crippen LogP contribution >= 0.6 is 0 Å². The minimum absolute atomic E-state index is 0.0593. The number of hydrogen-bond acceptors (Lipinski definition) is 4. The molecule has 1 saturated heterocycles. The van der Waals surface area contributed by atoms with Gasteiger partial charge in [-0.25, -0.2) is 4.39 Å². The monoisotopic (exact) mass is 358 g/mol. The first-order chi connectivity index (χ1) is 12.6. The largest absolute Gasteiger partial charge is 0.337 e. The maximum Gasteiger partial charge on any atom is 0.235 e. The van der Waals surface area contributed by atoms with Crippen LogP contribution in [0.3, 0.4) is 0 Å². The van der Waals surface area contributed by atoms with E-state index in [2.05, 4.69) is 21.2 Å². The molecule has 1 amide bonds. The van der Waals surface area contributed by atoms with Crippen molar-refractivity contribution in [2.45, 2.75) is 44.2 Å². The highest BCUT2D eigenvalue weighted by molar-refractivity contribution is 5.79. The SMILES string of the molecule is N#CC1(NC(=O)CN2CCCN(Cc3ccccc3F)CC2)CCCC1. The minimum atomic E-state index is -0.653. The molecule has 0 aromatic heterocycles. The summed E-state index contributed by atoms with van der Waals surface area (Å²) >= 11 is 0. The van der Waals surface area contributed by atoms with Gasteiger partial charge < -0.3 is 5.32 Å². The minimum Gasteiger partial charge on any atom is -0.337 e. The molecule has 26 heavy (non-hydrogen) atoms. The standard InChI is InChI=1S/C20H27FN4O/c21-18-7-2-1-6-17(18)14-24-10-5-11-25(13-12-24)15-19(26)23-20(16-22)8-3-4-9-20/h1-2,6-7H,3-5,8-15H2,(H,23,26). The summed E-state index contributed by atoms with van der Waals surface area (Å²) in [4.78, 5) is 16.8. The molecule has 0 unspecified atom stereocenters. The van der Waals surface area contributed by atoms with Gasteiger partial charge in [0.05, 0.1) is 12.6 Å². The fourth-order valence-corrected chi connectivity index (χ4v) is 3.96. The smallest absolute Gasteiger partial charge is 0.235 e. The van der Waals surface area contributed by atoms with E-state index < -0.39 is 5.54 Å². The first-order valence-electron chi connectivity index (χ1n) is 9.51. The second kappa shape index (κ2) is 8.61. The molecule has 1 aliphatic heterocycles. The van der Waals surface area contributed by atoms with E-state index in [1.54, 1.807) is 6.07 Å². The Morgan fingerprint density at radius 3 is 2.54 bits per heavy atom. The van der Waals surface area contributed by atoms with Crippen LogP contribution in [0, 0.1) is 17.1 Å². The third kappa shape index (κ3) is 4.80. The number of benzene rings is 1. The van der Waals surface area contributed by atoms with Gasteiger partial charge in [0.15, 0.2) is 0 Å². The summed E-state index contributed by atoms with van der Waals surface area (Å²) in [6, 6.07) is 9.20. The van der Waals surface area contributed by atoms with Gasteiger partial charge in [-0.1, -0.05) is 18.2 Å². The predicted molar refractivity (Wildman–Crippen MR) is 97.7 cm³/mol. The number of nitriles is 1. The van der Waals surface area contributed by atoms with Gasteiger partial charge in [-0.05, 0) is 51.3 Å². The Morgan fingerprint density at radius 1 is 1.12 bits per heavy atom. The van der Waals surface area contributed by atoms with Crippen molar-refractivity contribution < 1.29 is 9.18 Å². The zero-order chi connectivity index (χ0) is 18.4. The number of halogens is 1. The summed E-state index contributed by atoms with van der Waals surface area (Å²) in [5.41, 5.74) is 0.0654. The summed E-state index contributed by atoms with van der Waals surface area (Å²) in [7, 11) is 0. The van der Waals surface area contributed by atoms with Gasteiger partial charge in [-0.2, -0.15) is 5.26 Å². The second-order valence-corrected chi connectivity index (χ2v) is 7.45. The highest BCUT2D eigenvalue weighted by Gasteiger charge is 2.35. The molecule has 1 N–H and O–H groups in total. The van der Waals surface area contributed by atoms with Crippen LogP contribution in [0.25, 0.3) is 0 Å². The number of nitrogens with one attached hydrogen (secondary N) is 1. The number of amides is 1. The van der Waals surface area contributed by atoms with Gasteiger partial charge in [-0.3, -0.25) is 14.6 Å². The van der Waals surface area contributed by atoms with Gasteiger partial charge >= 0.3 is 0 Å². The lowest BCUT2D eigenvalue weighted by Crippen LogP contribution is -2.49. The van der Waals surface area contributed by atoms with Crippen molar-refractivity contribution in [3.05, 3.63) is 35.6 Å². The Balaban J connectivity index is 1.48. The van der Waals surface area contributed by atoms with Gasteiger partial charge in [0, 0.05) is 25.2 Å². The topological polar surface area (TPSA) is 59.4 Å². The lowest BCUT2D eigenvalue weighted by molar-refractivity contribution is -0.123. The molecule has 5 nitrogen and oxygen atoms in total. The molecule has 0 bridgehead atoms. The molecule has 1 heterocycles. The molecule has 3 rings (SSSR count). The average Bonchev–Trinajstić information content (AvgIpc) is 2.98. The molecule has 140 valence electrons. The van der Waals surface area contributed by atoms with E-state index in [1.807, 2.05) is 12.1 Å². The zero-order valence-corrected chi connectivity index (χ0v) is 15.2. The van der Waals surface area contributed by atoms with Crippen molar-refractivity contribution >= 4 is 5.91 Å². The number of rotatable bonds is 5. The molecule has 1 aromatic rings. The van der Waals surface area contributed by atoms with E-state index in [9.17, 15) is 14.4 Å². The van der Waals surface area contributed by atoms with Crippen molar-refractivity contribution in [3.8, 4) is 6.07 Å². The molecule has 0 spiro atoms. The zero-order valence-electron chi connectivity index (χ0n) is 15.2. The van der Waals surface area contributed by atoms with Crippen LogP contribution < -0.4 is 5.32 Å². The molecule has 6 heteroatoms. The van der Waals surface area contributed by atoms with Gasteiger partial charge in [0.1, 0.15) is 11.4 Å². The van der Waals surface area contributed by atoms with Crippen LogP contribution in [0.2, 0.25) is 0 Å². The normalized spacial score (nSPS) is 21.1. The lowest BCUT2D eigenvalue weighted by atomic mass is 10.00. The Bertz CT molecular complexity index is 666. The van der Waals surface area contributed by atoms with E-state index in [1.165, 1.54) is 6.07 Å². The van der Waals surface area contributed by atoms with Crippen molar-refractivity contribution in [3.63, 3.8) is 0 Å². The van der Waals surface area contributed by atoms with Crippen LogP contribution in [0.1, 0.15) is 37.7 Å². The first-order valence-corrected chi connectivity index (χ1v) is 9.51. The number of carbonyl (C=O) groups is 1. The third-order valence-corrected chi connectivity index (χ3v) is 5.45. The fourth-order valence-electron chi connectivity index (χ4n) is 3.96. The van der Waals surface area contributed by atoms with Crippen LogP contribution in [0.15, 0.2) is 24.3 Å². The Labute approximate surface area is 154 Å². The fraction of sp³-hybridized carbons (Fsp3) is 0.600. The third-order valence-electron chi connectivity index (χ3n) is 5.45. The molecule has 1 saturated carbocycles. The molecule has 2 aliphatic rings. The summed E-state index contributed by atoms with van der Waals surface area (Å²) in [6.45, 7) is 4.27. The van der Waals surface area contributed by atoms with E-state index in [0.717, 1.165) is 63.8 Å². The summed E-state index contributed by atoms with van der Waals surface area (Å²) < 4.78 is 13.8. The van der Waals surface area contributed by atoms with Crippen LogP contribution in [0.4, 0.5) is 4.39 Å². The van der Waals surface area contributed by atoms with Crippen molar-refractivity contribution in [1.29, 1.82) is 5.26 Å². The molecule has 2 fully saturated rings. The highest BCUT2D eigenvalue weighted by atomic mass is 19.1. The van der Waals surface area contributed by atoms with Crippen molar-refractivity contribution in [1.82, 2.24) is 15.1 Å². The van der Waals surface area contributed by atoms with E-state index in [-0.39, 0.29) is 11.7 Å². The van der Waals surface area contributed by atoms with Crippen molar-refractivity contribution in [2.24, 2.45) is 0 Å². The molecule has 1 aromatic carbocycles. The van der Waals surface area contributed by atoms with Gasteiger partial charge in [0.2, 0.25) is 5.91 Å². The predicted octanol–water partition coefficient (Wildman–Crippen LogP) is 2.29. The number of carbonyl (C=O) groups excluding carboxylic acids is 1. The van der Waals surface area contributed by atoms with Gasteiger partial charge in [0.25, 0.3) is 0 Å². The Morgan fingerprint density at radius 2 is 1.81 bits per heavy atom. The summed E-state index contributed by atoms with van der Waals surface area (Å²) in [6.07, 6.45) is 4.47. The van der Waals surface area contributed by atoms with Crippen LogP contribution in [0.5, 0.6) is 0 Å². The van der Waals surface area contributed by atoms with Gasteiger partial charge in [-0.15, -0.1) is 0 Å². The van der Waals surface area contributed by atoms with E-state index in [0.29, 0.717) is 13.1 Å². The average molecular weight is 358 g/mol. The number of hydrogen-bond donors (Lipinski definition) is 1. The molecular weight excluding hydrogens is 331 g/mol. The van der Waals surface area contributed by atoms with E-state index in [4.69, 9.17) is 0 Å². The van der Waals surface area contributed by atoms with Crippen LogP contribution in [-0.2, 0) is 11.3 Å². The summed E-state index contributed by atoms with van der Waals surface area (Å²) in [5, 5.41) is 12.4. The maximum atomic E-state index is 13.8. The Kier molecular flexibility index (Phi) is 6.23. The van der Waals surface area contributed by atoms with Crippen molar-refractivity contribution in [2.75, 3.05) is 32.7 Å². The Hall–Kier alpha value is -1.97. The highest BCUT2D eigenvalue weighted by Crippen LogP contribution is 2.28. The molecular formula is C20H27FN4O. The molecule has 1 aliphatic carbocycles. The molecule has 0 radical (unpaired) electrons.